The van der Waals surface area contributed by atoms with Crippen molar-refractivity contribution in [2.24, 2.45) is 0 Å². The van der Waals surface area contributed by atoms with Crippen molar-refractivity contribution in [3.8, 4) is 0 Å². The van der Waals surface area contributed by atoms with Gasteiger partial charge in [0.15, 0.2) is 5.79 Å². The Hall–Kier alpha value is -0.120. The predicted octanol–water partition coefficient (Wildman–Crippen LogP) is 1.30. The Morgan fingerprint density at radius 3 is 2.50 bits per heavy atom. The maximum Gasteiger partial charge on any atom is 0.163 e. The zero-order valence-electron chi connectivity index (χ0n) is 8.26. The molecule has 0 aromatic heterocycles. The largest absolute Gasteiger partial charge is 0.385 e. The molecule has 1 N–H and O–H groups in total. The molecule has 0 aromatic rings. The molecule has 2 atom stereocenters. The van der Waals surface area contributed by atoms with E-state index in [9.17, 15) is 5.11 Å². The van der Waals surface area contributed by atoms with Gasteiger partial charge in [-0.3, -0.25) is 0 Å². The van der Waals surface area contributed by atoms with Crippen molar-refractivity contribution in [3.63, 3.8) is 0 Å². The van der Waals surface area contributed by atoms with Crippen molar-refractivity contribution < 1.29 is 14.6 Å². The molecule has 0 bridgehead atoms. The molecule has 1 saturated heterocycles. The summed E-state index contributed by atoms with van der Waals surface area (Å²) >= 11 is 0. The molecule has 12 heavy (non-hydrogen) atoms. The minimum Gasteiger partial charge on any atom is -0.385 e. The Balaban J connectivity index is 2.65. The second-order valence-electron chi connectivity index (χ2n) is 3.91. The molecule has 0 radical (unpaired) electrons. The first-order chi connectivity index (χ1) is 5.40. The van der Waals surface area contributed by atoms with Gasteiger partial charge in [-0.2, -0.15) is 0 Å². The zero-order chi connectivity index (χ0) is 9.41. The van der Waals surface area contributed by atoms with E-state index in [2.05, 4.69) is 0 Å². The van der Waals surface area contributed by atoms with Gasteiger partial charge >= 0.3 is 0 Å². The summed E-state index contributed by atoms with van der Waals surface area (Å²) in [5, 5.41) is 9.93. The molecule has 3 nitrogen and oxygen atoms in total. The Morgan fingerprint density at radius 2 is 2.08 bits per heavy atom. The van der Waals surface area contributed by atoms with Gasteiger partial charge in [-0.1, -0.05) is 6.92 Å². The van der Waals surface area contributed by atoms with Crippen LogP contribution < -0.4 is 0 Å². The van der Waals surface area contributed by atoms with E-state index in [1.165, 1.54) is 0 Å². The van der Waals surface area contributed by atoms with E-state index in [1.807, 2.05) is 27.7 Å². The molecule has 0 saturated carbocycles. The second-order valence-corrected chi connectivity index (χ2v) is 3.91. The standard InChI is InChI=1S/C9H18O3/c1-5-9(10)6-11-8(3,4)12-7(9)2/h7,10H,5-6H2,1-4H3. The molecule has 3 heteroatoms. The molecule has 1 aliphatic rings. The first kappa shape index (κ1) is 9.96. The van der Waals surface area contributed by atoms with Crippen molar-refractivity contribution in [2.45, 2.75) is 51.6 Å². The molecule has 0 spiro atoms. The lowest BCUT2D eigenvalue weighted by Crippen LogP contribution is -2.56. The van der Waals surface area contributed by atoms with Gasteiger partial charge in [0.2, 0.25) is 0 Å². The number of rotatable bonds is 1. The first-order valence-electron chi connectivity index (χ1n) is 4.44. The fraction of sp³-hybridized carbons (Fsp3) is 1.00. The molecule has 1 fully saturated rings. The molecule has 0 amide bonds. The molecular weight excluding hydrogens is 156 g/mol. The van der Waals surface area contributed by atoms with Crippen LogP contribution in [0.4, 0.5) is 0 Å². The van der Waals surface area contributed by atoms with Gasteiger partial charge in [-0.15, -0.1) is 0 Å². The lowest BCUT2D eigenvalue weighted by molar-refractivity contribution is -0.329. The van der Waals surface area contributed by atoms with E-state index in [1.54, 1.807) is 0 Å². The summed E-state index contributed by atoms with van der Waals surface area (Å²) in [7, 11) is 0. The zero-order valence-corrected chi connectivity index (χ0v) is 8.26. The van der Waals surface area contributed by atoms with Crippen LogP contribution >= 0.6 is 0 Å². The smallest absolute Gasteiger partial charge is 0.163 e. The predicted molar refractivity (Wildman–Crippen MR) is 45.8 cm³/mol. The Bertz CT molecular complexity index is 167. The monoisotopic (exact) mass is 174 g/mol. The number of ether oxygens (including phenoxy) is 2. The Labute approximate surface area is 73.7 Å². The van der Waals surface area contributed by atoms with Crippen molar-refractivity contribution in [1.29, 1.82) is 0 Å². The molecule has 1 heterocycles. The van der Waals surface area contributed by atoms with Crippen molar-refractivity contribution >= 4 is 0 Å². The number of hydrogen-bond acceptors (Lipinski definition) is 3. The van der Waals surface area contributed by atoms with Crippen molar-refractivity contribution in [2.75, 3.05) is 6.61 Å². The summed E-state index contributed by atoms with van der Waals surface area (Å²) in [5.74, 6) is -0.555. The van der Waals surface area contributed by atoms with Gasteiger partial charge in [0.05, 0.1) is 12.7 Å². The van der Waals surface area contributed by atoms with Crippen LogP contribution in [0.1, 0.15) is 34.1 Å². The van der Waals surface area contributed by atoms with Gasteiger partial charge in [-0.25, -0.2) is 0 Å². The highest BCUT2D eigenvalue weighted by atomic mass is 16.7. The van der Waals surface area contributed by atoms with Crippen LogP contribution in [-0.4, -0.2) is 29.2 Å². The molecule has 1 aliphatic heterocycles. The lowest BCUT2D eigenvalue weighted by atomic mass is 9.94. The van der Waals surface area contributed by atoms with E-state index in [0.29, 0.717) is 13.0 Å². The van der Waals surface area contributed by atoms with Gasteiger partial charge in [0, 0.05) is 0 Å². The second kappa shape index (κ2) is 2.98. The average molecular weight is 174 g/mol. The minimum absolute atomic E-state index is 0.161. The van der Waals surface area contributed by atoms with Gasteiger partial charge < -0.3 is 14.6 Å². The summed E-state index contributed by atoms with van der Waals surface area (Å²) in [5.41, 5.74) is -0.810. The van der Waals surface area contributed by atoms with Crippen LogP contribution in [0.2, 0.25) is 0 Å². The van der Waals surface area contributed by atoms with Crippen molar-refractivity contribution in [3.05, 3.63) is 0 Å². The van der Waals surface area contributed by atoms with Crippen LogP contribution in [0, 0.1) is 0 Å². The first-order valence-corrected chi connectivity index (χ1v) is 4.44. The fourth-order valence-electron chi connectivity index (χ4n) is 1.38. The fourth-order valence-corrected chi connectivity index (χ4v) is 1.38. The summed E-state index contributed by atoms with van der Waals surface area (Å²) < 4.78 is 10.9. The third-order valence-corrected chi connectivity index (χ3v) is 2.50. The van der Waals surface area contributed by atoms with Crippen LogP contribution in [-0.2, 0) is 9.47 Å². The van der Waals surface area contributed by atoms with Gasteiger partial charge in [0.25, 0.3) is 0 Å². The van der Waals surface area contributed by atoms with E-state index in [4.69, 9.17) is 9.47 Å². The SMILES string of the molecule is CCC1(O)COC(C)(C)OC1C. The van der Waals surface area contributed by atoms with Gasteiger partial charge in [0.1, 0.15) is 5.60 Å². The average Bonchev–Trinajstić information content (AvgIpc) is 1.97. The highest BCUT2D eigenvalue weighted by Crippen LogP contribution is 2.30. The maximum absolute atomic E-state index is 9.93. The molecule has 1 rings (SSSR count). The molecule has 0 aromatic carbocycles. The lowest BCUT2D eigenvalue weighted by Gasteiger charge is -2.44. The van der Waals surface area contributed by atoms with Crippen molar-refractivity contribution in [1.82, 2.24) is 0 Å². The minimum atomic E-state index is -0.810. The highest BCUT2D eigenvalue weighted by molar-refractivity contribution is 4.88. The number of hydrogen-bond donors (Lipinski definition) is 1. The summed E-state index contributed by atoms with van der Waals surface area (Å²) in [6.45, 7) is 7.89. The van der Waals surface area contributed by atoms with Crippen LogP contribution in [0.25, 0.3) is 0 Å². The van der Waals surface area contributed by atoms with Crippen LogP contribution in [0.15, 0.2) is 0 Å². The summed E-state index contributed by atoms with van der Waals surface area (Å²) in [4.78, 5) is 0. The highest BCUT2D eigenvalue weighted by Gasteiger charge is 2.42. The summed E-state index contributed by atoms with van der Waals surface area (Å²) in [6.07, 6.45) is 0.496. The van der Waals surface area contributed by atoms with E-state index in [-0.39, 0.29) is 6.10 Å². The van der Waals surface area contributed by atoms with Gasteiger partial charge in [-0.05, 0) is 27.2 Å². The third-order valence-electron chi connectivity index (χ3n) is 2.50. The summed E-state index contributed by atoms with van der Waals surface area (Å²) in [6, 6.07) is 0. The van der Waals surface area contributed by atoms with Crippen LogP contribution in [0.3, 0.4) is 0 Å². The third kappa shape index (κ3) is 1.79. The normalized spacial score (nSPS) is 41.2. The van der Waals surface area contributed by atoms with E-state index < -0.39 is 11.4 Å². The quantitative estimate of drug-likeness (QED) is 0.651. The molecule has 72 valence electrons. The van der Waals surface area contributed by atoms with E-state index in [0.717, 1.165) is 0 Å². The molecular formula is C9H18O3. The topological polar surface area (TPSA) is 38.7 Å². The van der Waals surface area contributed by atoms with Crippen LogP contribution in [0.5, 0.6) is 0 Å². The number of aliphatic hydroxyl groups is 1. The maximum atomic E-state index is 9.93. The molecule has 2 unspecified atom stereocenters. The Kier molecular flexibility index (Phi) is 2.47. The molecule has 0 aliphatic carbocycles. The Morgan fingerprint density at radius 1 is 1.50 bits per heavy atom. The van der Waals surface area contributed by atoms with E-state index >= 15 is 0 Å².